The Bertz CT molecular complexity index is 782. The van der Waals surface area contributed by atoms with Gasteiger partial charge in [0.25, 0.3) is 5.91 Å². The van der Waals surface area contributed by atoms with Crippen molar-refractivity contribution in [2.45, 2.75) is 19.4 Å². The van der Waals surface area contributed by atoms with E-state index in [-0.39, 0.29) is 11.8 Å². The minimum Gasteiger partial charge on any atom is -0.493 e. The number of rotatable bonds is 5. The van der Waals surface area contributed by atoms with Gasteiger partial charge in [-0.05, 0) is 34.9 Å². The molecule has 0 bridgehead atoms. The summed E-state index contributed by atoms with van der Waals surface area (Å²) in [5.41, 5.74) is 3.77. The summed E-state index contributed by atoms with van der Waals surface area (Å²) in [4.78, 5) is 25.5. The molecule has 2 amide bonds. The van der Waals surface area contributed by atoms with E-state index in [1.807, 2.05) is 30.3 Å². The van der Waals surface area contributed by atoms with E-state index in [1.54, 1.807) is 31.1 Å². The van der Waals surface area contributed by atoms with E-state index in [0.29, 0.717) is 18.5 Å². The van der Waals surface area contributed by atoms with Crippen LogP contribution >= 0.6 is 0 Å². The third kappa shape index (κ3) is 4.18. The monoisotopic (exact) mass is 338 g/mol. The number of carbonyl (C=O) groups excluding carboxylic acids is 2. The largest absolute Gasteiger partial charge is 0.493 e. The predicted octanol–water partition coefficient (Wildman–Crippen LogP) is 2.18. The van der Waals surface area contributed by atoms with Gasteiger partial charge in [0, 0.05) is 32.6 Å². The first-order valence-corrected chi connectivity index (χ1v) is 8.35. The molecule has 130 valence electrons. The third-order valence-electron chi connectivity index (χ3n) is 4.22. The molecule has 1 aliphatic rings. The first-order chi connectivity index (χ1) is 12.0. The van der Waals surface area contributed by atoms with Crippen LogP contribution in [0.5, 0.6) is 5.75 Å². The molecule has 1 aliphatic heterocycles. The summed E-state index contributed by atoms with van der Waals surface area (Å²) in [5.74, 6) is 0.875. The van der Waals surface area contributed by atoms with Crippen molar-refractivity contribution in [3.05, 3.63) is 64.7 Å². The average molecular weight is 338 g/mol. The molecule has 0 saturated carbocycles. The number of nitrogens with one attached hydrogen (secondary N) is 1. The third-order valence-corrected chi connectivity index (χ3v) is 4.22. The minimum absolute atomic E-state index is 0.0210. The standard InChI is InChI=1S/C20H22N2O3/c1-22(2)20(24)16-6-3-14(4-7-16)13-21-19(23)12-15-5-8-18-17(11-15)9-10-25-18/h3-8,11H,9-10,12-13H2,1-2H3,(H,21,23). The number of fused-ring (bicyclic) bond motifs is 1. The molecule has 5 nitrogen and oxygen atoms in total. The zero-order chi connectivity index (χ0) is 17.8. The van der Waals surface area contributed by atoms with Gasteiger partial charge in [-0.25, -0.2) is 0 Å². The van der Waals surface area contributed by atoms with E-state index in [4.69, 9.17) is 4.74 Å². The molecule has 2 aromatic rings. The maximum Gasteiger partial charge on any atom is 0.253 e. The van der Waals surface area contributed by atoms with Gasteiger partial charge in [0.1, 0.15) is 5.75 Å². The lowest BCUT2D eigenvalue weighted by atomic mass is 10.1. The van der Waals surface area contributed by atoms with E-state index in [9.17, 15) is 9.59 Å². The van der Waals surface area contributed by atoms with E-state index < -0.39 is 0 Å². The van der Waals surface area contributed by atoms with Gasteiger partial charge in [-0.3, -0.25) is 9.59 Å². The zero-order valence-corrected chi connectivity index (χ0v) is 14.5. The zero-order valence-electron chi connectivity index (χ0n) is 14.5. The summed E-state index contributed by atoms with van der Waals surface area (Å²) in [7, 11) is 3.45. The molecular weight excluding hydrogens is 316 g/mol. The fraction of sp³-hybridized carbons (Fsp3) is 0.300. The van der Waals surface area contributed by atoms with Crippen molar-refractivity contribution < 1.29 is 14.3 Å². The second-order valence-corrected chi connectivity index (χ2v) is 6.39. The molecular formula is C20H22N2O3. The molecule has 2 aromatic carbocycles. The number of hydrogen-bond acceptors (Lipinski definition) is 3. The maximum absolute atomic E-state index is 12.1. The Kier molecular flexibility index (Phi) is 5.03. The Morgan fingerprint density at radius 2 is 1.80 bits per heavy atom. The Labute approximate surface area is 147 Å². The highest BCUT2D eigenvalue weighted by Gasteiger charge is 2.13. The number of carbonyl (C=O) groups is 2. The van der Waals surface area contributed by atoms with Gasteiger partial charge in [-0.2, -0.15) is 0 Å². The molecule has 0 saturated heterocycles. The van der Waals surface area contributed by atoms with Gasteiger partial charge in [-0.1, -0.05) is 24.3 Å². The molecule has 25 heavy (non-hydrogen) atoms. The van der Waals surface area contributed by atoms with Crippen LogP contribution in [0.15, 0.2) is 42.5 Å². The summed E-state index contributed by atoms with van der Waals surface area (Å²) in [5, 5.41) is 2.92. The quantitative estimate of drug-likeness (QED) is 0.909. The lowest BCUT2D eigenvalue weighted by molar-refractivity contribution is -0.120. The van der Waals surface area contributed by atoms with Gasteiger partial charge in [0.2, 0.25) is 5.91 Å². The summed E-state index contributed by atoms with van der Waals surface area (Å²) < 4.78 is 5.48. The topological polar surface area (TPSA) is 58.6 Å². The Hall–Kier alpha value is -2.82. The summed E-state index contributed by atoms with van der Waals surface area (Å²) in [6, 6.07) is 13.2. The van der Waals surface area contributed by atoms with Crippen LogP contribution in [-0.4, -0.2) is 37.4 Å². The molecule has 1 N–H and O–H groups in total. The molecule has 0 unspecified atom stereocenters. The normalized spacial score (nSPS) is 12.2. The van der Waals surface area contributed by atoms with Crippen molar-refractivity contribution in [3.63, 3.8) is 0 Å². The number of benzene rings is 2. The van der Waals surface area contributed by atoms with Crippen LogP contribution in [0.1, 0.15) is 27.0 Å². The van der Waals surface area contributed by atoms with Gasteiger partial charge in [-0.15, -0.1) is 0 Å². The second-order valence-electron chi connectivity index (χ2n) is 6.39. The molecule has 0 aliphatic carbocycles. The minimum atomic E-state index is -0.0313. The molecule has 0 radical (unpaired) electrons. The van der Waals surface area contributed by atoms with E-state index in [0.717, 1.165) is 29.9 Å². The van der Waals surface area contributed by atoms with E-state index in [1.165, 1.54) is 5.56 Å². The van der Waals surface area contributed by atoms with Crippen molar-refractivity contribution in [3.8, 4) is 5.75 Å². The smallest absolute Gasteiger partial charge is 0.253 e. The van der Waals surface area contributed by atoms with Gasteiger partial charge < -0.3 is 15.0 Å². The summed E-state index contributed by atoms with van der Waals surface area (Å²) in [6.07, 6.45) is 1.26. The number of hydrogen-bond donors (Lipinski definition) is 1. The van der Waals surface area contributed by atoms with Gasteiger partial charge in [0.05, 0.1) is 13.0 Å². The first-order valence-electron chi connectivity index (χ1n) is 8.35. The van der Waals surface area contributed by atoms with Crippen molar-refractivity contribution in [1.29, 1.82) is 0 Å². The number of nitrogens with zero attached hydrogens (tertiary/aromatic N) is 1. The molecule has 0 spiro atoms. The van der Waals surface area contributed by atoms with Crippen molar-refractivity contribution >= 4 is 11.8 Å². The highest BCUT2D eigenvalue weighted by Crippen LogP contribution is 2.25. The maximum atomic E-state index is 12.1. The molecule has 5 heteroatoms. The molecule has 1 heterocycles. The van der Waals surface area contributed by atoms with Crippen LogP contribution in [0.2, 0.25) is 0 Å². The van der Waals surface area contributed by atoms with Gasteiger partial charge >= 0.3 is 0 Å². The summed E-state index contributed by atoms with van der Waals surface area (Å²) >= 11 is 0. The lowest BCUT2D eigenvalue weighted by Crippen LogP contribution is -2.25. The van der Waals surface area contributed by atoms with Crippen LogP contribution in [0.3, 0.4) is 0 Å². The summed E-state index contributed by atoms with van der Waals surface area (Å²) in [6.45, 7) is 1.17. The van der Waals surface area contributed by atoms with Gasteiger partial charge in [0.15, 0.2) is 0 Å². The molecule has 0 fully saturated rings. The Morgan fingerprint density at radius 3 is 2.52 bits per heavy atom. The average Bonchev–Trinajstić information content (AvgIpc) is 3.07. The highest BCUT2D eigenvalue weighted by atomic mass is 16.5. The van der Waals surface area contributed by atoms with E-state index in [2.05, 4.69) is 5.32 Å². The Morgan fingerprint density at radius 1 is 1.08 bits per heavy atom. The molecule has 0 atom stereocenters. The van der Waals surface area contributed by atoms with E-state index >= 15 is 0 Å². The molecule has 0 aromatic heterocycles. The second kappa shape index (κ2) is 7.38. The van der Waals surface area contributed by atoms with Crippen LogP contribution in [0.4, 0.5) is 0 Å². The number of amides is 2. The van der Waals surface area contributed by atoms with Crippen molar-refractivity contribution in [1.82, 2.24) is 10.2 Å². The highest BCUT2D eigenvalue weighted by molar-refractivity contribution is 5.93. The van der Waals surface area contributed by atoms with Crippen LogP contribution in [0, 0.1) is 0 Å². The van der Waals surface area contributed by atoms with Crippen molar-refractivity contribution in [2.24, 2.45) is 0 Å². The first kappa shape index (κ1) is 17.0. The predicted molar refractivity (Wildman–Crippen MR) is 95.7 cm³/mol. The van der Waals surface area contributed by atoms with Crippen LogP contribution < -0.4 is 10.1 Å². The molecule has 3 rings (SSSR count). The van der Waals surface area contributed by atoms with Crippen molar-refractivity contribution in [2.75, 3.05) is 20.7 Å². The fourth-order valence-corrected chi connectivity index (χ4v) is 2.82. The Balaban J connectivity index is 1.53. The van der Waals surface area contributed by atoms with Crippen LogP contribution in [0.25, 0.3) is 0 Å². The fourth-order valence-electron chi connectivity index (χ4n) is 2.82. The van der Waals surface area contributed by atoms with Crippen LogP contribution in [-0.2, 0) is 24.2 Å². The SMILES string of the molecule is CN(C)C(=O)c1ccc(CNC(=O)Cc2ccc3c(c2)CCO3)cc1. The number of ether oxygens (including phenoxy) is 1. The lowest BCUT2D eigenvalue weighted by Gasteiger charge is -2.11.